The molecule has 1 aliphatic heterocycles. The van der Waals surface area contributed by atoms with Gasteiger partial charge in [-0.05, 0) is 5.56 Å². The third kappa shape index (κ3) is 1.89. The number of benzene rings is 1. The zero-order valence-corrected chi connectivity index (χ0v) is 8.18. The van der Waals surface area contributed by atoms with E-state index < -0.39 is 12.0 Å². The molecule has 0 saturated carbocycles. The van der Waals surface area contributed by atoms with Crippen molar-refractivity contribution in [1.29, 1.82) is 0 Å². The summed E-state index contributed by atoms with van der Waals surface area (Å²) in [5.74, 6) is -0.984. The van der Waals surface area contributed by atoms with E-state index in [1.165, 1.54) is 0 Å². The molecular formula is C11H12N2O2. The van der Waals surface area contributed by atoms with E-state index in [4.69, 9.17) is 10.8 Å². The Balaban J connectivity index is 2.17. The van der Waals surface area contributed by atoms with Gasteiger partial charge in [0.1, 0.15) is 6.04 Å². The van der Waals surface area contributed by atoms with Crippen LogP contribution in [-0.4, -0.2) is 22.8 Å². The molecule has 78 valence electrons. The fourth-order valence-corrected chi connectivity index (χ4v) is 1.68. The first-order valence-electron chi connectivity index (χ1n) is 4.78. The molecule has 3 N–H and O–H groups in total. The summed E-state index contributed by atoms with van der Waals surface area (Å²) in [6.45, 7) is 0.637. The Morgan fingerprint density at radius 3 is 3.00 bits per heavy atom. The highest BCUT2D eigenvalue weighted by Gasteiger charge is 2.20. The molecule has 1 aliphatic rings. The van der Waals surface area contributed by atoms with Crippen LogP contribution in [0.3, 0.4) is 0 Å². The van der Waals surface area contributed by atoms with E-state index in [1.807, 2.05) is 24.3 Å². The highest BCUT2D eigenvalue weighted by Crippen LogP contribution is 2.20. The fourth-order valence-electron chi connectivity index (χ4n) is 1.68. The van der Waals surface area contributed by atoms with Crippen molar-refractivity contribution in [3.05, 3.63) is 35.4 Å². The average Bonchev–Trinajstić information content (AvgIpc) is 2.62. The number of carboxylic acid groups (broad SMARTS) is 1. The van der Waals surface area contributed by atoms with E-state index in [9.17, 15) is 4.79 Å². The number of hydrogen-bond donors (Lipinski definition) is 2. The molecule has 1 atom stereocenters. The second-order valence-corrected chi connectivity index (χ2v) is 3.57. The van der Waals surface area contributed by atoms with Gasteiger partial charge in [-0.15, -0.1) is 0 Å². The summed E-state index contributed by atoms with van der Waals surface area (Å²) in [5, 5.41) is 8.71. The molecule has 1 aromatic rings. The van der Waals surface area contributed by atoms with Crippen molar-refractivity contribution in [3.8, 4) is 0 Å². The van der Waals surface area contributed by atoms with Crippen LogP contribution < -0.4 is 5.73 Å². The maximum atomic E-state index is 10.6. The summed E-state index contributed by atoms with van der Waals surface area (Å²) in [5.41, 5.74) is 8.46. The third-order valence-corrected chi connectivity index (χ3v) is 2.50. The molecule has 0 aromatic heterocycles. The van der Waals surface area contributed by atoms with Gasteiger partial charge in [-0.1, -0.05) is 24.3 Å². The Morgan fingerprint density at radius 2 is 2.27 bits per heavy atom. The molecule has 1 heterocycles. The lowest BCUT2D eigenvalue weighted by Gasteiger charge is -2.07. The summed E-state index contributed by atoms with van der Waals surface area (Å²) >= 11 is 0. The minimum atomic E-state index is -0.984. The smallest absolute Gasteiger partial charge is 0.320 e. The summed E-state index contributed by atoms with van der Waals surface area (Å²) in [6, 6.07) is 6.96. The van der Waals surface area contributed by atoms with Crippen molar-refractivity contribution < 1.29 is 9.90 Å². The molecule has 1 aromatic carbocycles. The zero-order valence-electron chi connectivity index (χ0n) is 8.18. The molecule has 0 fully saturated rings. The topological polar surface area (TPSA) is 75.7 Å². The number of carboxylic acids is 1. The molecule has 0 saturated heterocycles. The SMILES string of the molecule is NC(CC1=NCc2ccccc21)C(=O)O. The average molecular weight is 204 g/mol. The maximum absolute atomic E-state index is 10.6. The first-order valence-corrected chi connectivity index (χ1v) is 4.78. The molecule has 4 nitrogen and oxygen atoms in total. The predicted molar refractivity (Wildman–Crippen MR) is 56.9 cm³/mol. The van der Waals surface area contributed by atoms with E-state index in [2.05, 4.69) is 4.99 Å². The summed E-state index contributed by atoms with van der Waals surface area (Å²) in [4.78, 5) is 14.9. The van der Waals surface area contributed by atoms with Crippen molar-refractivity contribution in [2.45, 2.75) is 19.0 Å². The van der Waals surface area contributed by atoms with Crippen LogP contribution in [0.15, 0.2) is 29.3 Å². The summed E-state index contributed by atoms with van der Waals surface area (Å²) in [6.07, 6.45) is 0.298. The lowest BCUT2D eigenvalue weighted by molar-refractivity contribution is -0.138. The van der Waals surface area contributed by atoms with Gasteiger partial charge >= 0.3 is 5.97 Å². The minimum Gasteiger partial charge on any atom is -0.480 e. The van der Waals surface area contributed by atoms with Gasteiger partial charge in [-0.3, -0.25) is 9.79 Å². The number of rotatable bonds is 3. The van der Waals surface area contributed by atoms with E-state index in [0.717, 1.165) is 16.8 Å². The Labute approximate surface area is 87.4 Å². The van der Waals surface area contributed by atoms with Crippen LogP contribution in [-0.2, 0) is 11.3 Å². The van der Waals surface area contributed by atoms with Crippen LogP contribution in [0.1, 0.15) is 17.5 Å². The first kappa shape index (κ1) is 9.86. The molecule has 15 heavy (non-hydrogen) atoms. The molecule has 2 rings (SSSR count). The predicted octanol–water partition coefficient (Wildman–Crippen LogP) is 0.791. The number of nitrogens with two attached hydrogens (primary N) is 1. The largest absolute Gasteiger partial charge is 0.480 e. The van der Waals surface area contributed by atoms with E-state index in [1.54, 1.807) is 0 Å². The highest BCUT2D eigenvalue weighted by atomic mass is 16.4. The quantitative estimate of drug-likeness (QED) is 0.764. The Hall–Kier alpha value is -1.68. The van der Waals surface area contributed by atoms with Crippen LogP contribution in [0.25, 0.3) is 0 Å². The number of carbonyl (C=O) groups is 1. The number of aliphatic carboxylic acids is 1. The molecule has 0 amide bonds. The van der Waals surface area contributed by atoms with Crippen molar-refractivity contribution in [2.24, 2.45) is 10.7 Å². The maximum Gasteiger partial charge on any atom is 0.320 e. The second kappa shape index (κ2) is 3.82. The van der Waals surface area contributed by atoms with Gasteiger partial charge < -0.3 is 10.8 Å². The number of aliphatic imine (C=N–C) groups is 1. The Kier molecular flexibility index (Phi) is 2.51. The van der Waals surface area contributed by atoms with Gasteiger partial charge in [0, 0.05) is 17.7 Å². The van der Waals surface area contributed by atoms with Gasteiger partial charge in [0.25, 0.3) is 0 Å². The van der Waals surface area contributed by atoms with Crippen molar-refractivity contribution in [3.63, 3.8) is 0 Å². The molecule has 0 radical (unpaired) electrons. The third-order valence-electron chi connectivity index (χ3n) is 2.50. The number of hydrogen-bond acceptors (Lipinski definition) is 3. The summed E-state index contributed by atoms with van der Waals surface area (Å²) < 4.78 is 0. The van der Waals surface area contributed by atoms with Crippen molar-refractivity contribution >= 4 is 11.7 Å². The summed E-state index contributed by atoms with van der Waals surface area (Å²) in [7, 11) is 0. The normalized spacial score (nSPS) is 15.7. The van der Waals surface area contributed by atoms with Gasteiger partial charge in [0.15, 0.2) is 0 Å². The minimum absolute atomic E-state index is 0.298. The van der Waals surface area contributed by atoms with Crippen LogP contribution >= 0.6 is 0 Å². The molecule has 1 unspecified atom stereocenters. The van der Waals surface area contributed by atoms with Gasteiger partial charge in [-0.25, -0.2) is 0 Å². The first-order chi connectivity index (χ1) is 7.18. The van der Waals surface area contributed by atoms with E-state index in [-0.39, 0.29) is 0 Å². The van der Waals surface area contributed by atoms with Gasteiger partial charge in [-0.2, -0.15) is 0 Å². The molecule has 0 bridgehead atoms. The molecule has 4 heteroatoms. The van der Waals surface area contributed by atoms with Crippen LogP contribution in [0.4, 0.5) is 0 Å². The fraction of sp³-hybridized carbons (Fsp3) is 0.273. The van der Waals surface area contributed by atoms with Crippen LogP contribution in [0, 0.1) is 0 Å². The lowest BCUT2D eigenvalue weighted by atomic mass is 10.0. The van der Waals surface area contributed by atoms with Crippen LogP contribution in [0.2, 0.25) is 0 Å². The monoisotopic (exact) mass is 204 g/mol. The molecule has 0 aliphatic carbocycles. The lowest BCUT2D eigenvalue weighted by Crippen LogP contribution is -2.32. The van der Waals surface area contributed by atoms with E-state index >= 15 is 0 Å². The Bertz CT molecular complexity index is 426. The van der Waals surface area contributed by atoms with E-state index in [0.29, 0.717) is 13.0 Å². The zero-order chi connectivity index (χ0) is 10.8. The number of nitrogens with zero attached hydrogens (tertiary/aromatic N) is 1. The number of fused-ring (bicyclic) bond motifs is 1. The van der Waals surface area contributed by atoms with Crippen LogP contribution in [0.5, 0.6) is 0 Å². The van der Waals surface area contributed by atoms with Crippen molar-refractivity contribution in [2.75, 3.05) is 0 Å². The van der Waals surface area contributed by atoms with Crippen molar-refractivity contribution in [1.82, 2.24) is 0 Å². The highest BCUT2D eigenvalue weighted by molar-refractivity contribution is 6.05. The van der Waals surface area contributed by atoms with Gasteiger partial charge in [0.05, 0.1) is 6.54 Å². The van der Waals surface area contributed by atoms with Gasteiger partial charge in [0.2, 0.25) is 0 Å². The molecular weight excluding hydrogens is 192 g/mol. The Morgan fingerprint density at radius 1 is 1.53 bits per heavy atom. The second-order valence-electron chi connectivity index (χ2n) is 3.57. The molecule has 0 spiro atoms. The standard InChI is InChI=1S/C11H12N2O2/c12-9(11(14)15)5-10-8-4-2-1-3-7(8)6-13-10/h1-4,9H,5-6,12H2,(H,14,15).